The zero-order chi connectivity index (χ0) is 25.8. The SMILES string of the molecule is CCOC(=O)C(C)(C)Oc1c(C)cc(CN2CCN(Cc3ccccc3C(F)(F)F)CC2)cc1C. The van der Waals surface area contributed by atoms with Crippen molar-refractivity contribution >= 4 is 5.97 Å². The van der Waals surface area contributed by atoms with Crippen LogP contribution in [0.4, 0.5) is 13.2 Å². The summed E-state index contributed by atoms with van der Waals surface area (Å²) in [5.74, 6) is 0.276. The summed E-state index contributed by atoms with van der Waals surface area (Å²) in [5.41, 5.74) is 1.70. The van der Waals surface area contributed by atoms with Crippen LogP contribution in [-0.4, -0.2) is 54.2 Å². The van der Waals surface area contributed by atoms with Crippen molar-refractivity contribution in [3.63, 3.8) is 0 Å². The van der Waals surface area contributed by atoms with Crippen LogP contribution in [0.15, 0.2) is 36.4 Å². The summed E-state index contributed by atoms with van der Waals surface area (Å²) in [6.45, 7) is 13.4. The van der Waals surface area contributed by atoms with Gasteiger partial charge in [-0.1, -0.05) is 30.3 Å². The normalized spacial score (nSPS) is 15.8. The standard InChI is InChI=1S/C27H35F3N2O3/c1-6-34-25(33)26(4,5)35-24-19(2)15-21(16-20(24)3)17-31-11-13-32(14-12-31)18-22-9-7-8-10-23(22)27(28,29)30/h7-10,15-16H,6,11-14,17-18H2,1-5H3. The van der Waals surface area contributed by atoms with Crippen LogP contribution >= 0.6 is 0 Å². The molecule has 2 aromatic carbocycles. The van der Waals surface area contributed by atoms with E-state index in [4.69, 9.17) is 9.47 Å². The Morgan fingerprint density at radius 3 is 2.03 bits per heavy atom. The molecule has 0 amide bonds. The van der Waals surface area contributed by atoms with Crippen LogP contribution in [0.25, 0.3) is 0 Å². The molecule has 0 spiro atoms. The van der Waals surface area contributed by atoms with Gasteiger partial charge in [-0.3, -0.25) is 9.80 Å². The van der Waals surface area contributed by atoms with Crippen LogP contribution in [0.2, 0.25) is 0 Å². The van der Waals surface area contributed by atoms with E-state index in [2.05, 4.69) is 21.9 Å². The van der Waals surface area contributed by atoms with E-state index in [1.54, 1.807) is 32.9 Å². The summed E-state index contributed by atoms with van der Waals surface area (Å²) in [7, 11) is 0. The number of hydrogen-bond donors (Lipinski definition) is 0. The number of halogens is 3. The Balaban J connectivity index is 1.60. The number of esters is 1. The van der Waals surface area contributed by atoms with Crippen molar-refractivity contribution in [2.24, 2.45) is 0 Å². The van der Waals surface area contributed by atoms with Gasteiger partial charge >= 0.3 is 12.1 Å². The zero-order valence-corrected chi connectivity index (χ0v) is 21.2. The fourth-order valence-corrected chi connectivity index (χ4v) is 4.43. The average molecular weight is 493 g/mol. The molecule has 2 aromatic rings. The van der Waals surface area contributed by atoms with Gasteiger partial charge in [0.1, 0.15) is 5.75 Å². The second kappa shape index (κ2) is 11.0. The van der Waals surface area contributed by atoms with Crippen LogP contribution in [0, 0.1) is 13.8 Å². The van der Waals surface area contributed by atoms with E-state index >= 15 is 0 Å². The first kappa shape index (κ1) is 27.0. The quantitative estimate of drug-likeness (QED) is 0.464. The van der Waals surface area contributed by atoms with Crippen molar-refractivity contribution in [1.29, 1.82) is 0 Å². The van der Waals surface area contributed by atoms with Crippen LogP contribution < -0.4 is 4.74 Å². The van der Waals surface area contributed by atoms with Crippen molar-refractivity contribution in [3.05, 3.63) is 64.2 Å². The van der Waals surface area contributed by atoms with Gasteiger partial charge in [-0.25, -0.2) is 4.79 Å². The van der Waals surface area contributed by atoms with E-state index in [-0.39, 0.29) is 0 Å². The molecule has 1 aliphatic heterocycles. The first-order chi connectivity index (χ1) is 16.4. The largest absolute Gasteiger partial charge is 0.476 e. The second-order valence-corrected chi connectivity index (χ2v) is 9.60. The zero-order valence-electron chi connectivity index (χ0n) is 21.2. The van der Waals surface area contributed by atoms with E-state index in [1.165, 1.54) is 6.07 Å². The molecule has 1 fully saturated rings. The Labute approximate surface area is 205 Å². The van der Waals surface area contributed by atoms with Crippen molar-refractivity contribution < 1.29 is 27.4 Å². The molecule has 0 unspecified atom stereocenters. The molecular weight excluding hydrogens is 457 g/mol. The molecule has 0 bridgehead atoms. The van der Waals surface area contributed by atoms with Gasteiger partial charge in [-0.05, 0) is 62.9 Å². The number of rotatable bonds is 8. The van der Waals surface area contributed by atoms with E-state index in [9.17, 15) is 18.0 Å². The number of alkyl halides is 3. The van der Waals surface area contributed by atoms with Gasteiger partial charge in [0.25, 0.3) is 0 Å². The summed E-state index contributed by atoms with van der Waals surface area (Å²) in [5, 5.41) is 0. The molecule has 8 heteroatoms. The van der Waals surface area contributed by atoms with Gasteiger partial charge in [0.2, 0.25) is 0 Å². The minimum atomic E-state index is -4.34. The lowest BCUT2D eigenvalue weighted by Crippen LogP contribution is -2.45. The summed E-state index contributed by atoms with van der Waals surface area (Å²) in [4.78, 5) is 16.6. The number of aryl methyl sites for hydroxylation is 2. The lowest BCUT2D eigenvalue weighted by molar-refractivity contribution is -0.158. The Morgan fingerprint density at radius 2 is 1.49 bits per heavy atom. The Morgan fingerprint density at radius 1 is 0.943 bits per heavy atom. The van der Waals surface area contributed by atoms with Crippen LogP contribution in [0.5, 0.6) is 5.75 Å². The molecule has 192 valence electrons. The average Bonchev–Trinajstić information content (AvgIpc) is 2.77. The summed E-state index contributed by atoms with van der Waals surface area (Å²) in [6.07, 6.45) is -4.34. The molecule has 3 rings (SSSR count). The number of carbonyl (C=O) groups excluding carboxylic acids is 1. The number of piperazine rings is 1. The Kier molecular flexibility index (Phi) is 8.49. The molecule has 35 heavy (non-hydrogen) atoms. The Hall–Kier alpha value is -2.58. The highest BCUT2D eigenvalue weighted by molar-refractivity contribution is 5.79. The second-order valence-electron chi connectivity index (χ2n) is 9.60. The first-order valence-corrected chi connectivity index (χ1v) is 12.0. The topological polar surface area (TPSA) is 42.0 Å². The van der Waals surface area contributed by atoms with Crippen molar-refractivity contribution in [1.82, 2.24) is 9.80 Å². The maximum absolute atomic E-state index is 13.3. The molecule has 0 N–H and O–H groups in total. The Bertz CT molecular complexity index is 1010. The predicted octanol–water partition coefficient (Wildman–Crippen LogP) is 5.36. The van der Waals surface area contributed by atoms with Crippen LogP contribution in [0.3, 0.4) is 0 Å². The highest BCUT2D eigenvalue weighted by Gasteiger charge is 2.34. The number of ether oxygens (including phenoxy) is 2. The minimum absolute atomic E-state index is 0.296. The van der Waals surface area contributed by atoms with E-state index in [0.29, 0.717) is 37.6 Å². The smallest absolute Gasteiger partial charge is 0.416 e. The molecule has 5 nitrogen and oxygen atoms in total. The molecule has 0 saturated carbocycles. The van der Waals surface area contributed by atoms with E-state index in [0.717, 1.165) is 42.4 Å². The van der Waals surface area contributed by atoms with Crippen LogP contribution in [0.1, 0.15) is 48.6 Å². The summed E-state index contributed by atoms with van der Waals surface area (Å²) in [6, 6.07) is 9.94. The maximum Gasteiger partial charge on any atom is 0.416 e. The maximum atomic E-state index is 13.3. The molecule has 0 aromatic heterocycles. The third kappa shape index (κ3) is 6.98. The fraction of sp³-hybridized carbons (Fsp3) is 0.519. The van der Waals surface area contributed by atoms with Gasteiger partial charge in [0, 0.05) is 39.3 Å². The molecule has 0 radical (unpaired) electrons. The number of hydrogen-bond acceptors (Lipinski definition) is 5. The van der Waals surface area contributed by atoms with Crippen LogP contribution in [-0.2, 0) is 28.8 Å². The molecule has 0 atom stereocenters. The summed E-state index contributed by atoms with van der Waals surface area (Å²) >= 11 is 0. The van der Waals surface area contributed by atoms with Gasteiger partial charge in [-0.2, -0.15) is 13.2 Å². The minimum Gasteiger partial charge on any atom is -0.476 e. The van der Waals surface area contributed by atoms with E-state index < -0.39 is 23.3 Å². The predicted molar refractivity (Wildman–Crippen MR) is 129 cm³/mol. The highest BCUT2D eigenvalue weighted by Crippen LogP contribution is 2.33. The number of benzene rings is 2. The fourth-order valence-electron chi connectivity index (χ4n) is 4.43. The monoisotopic (exact) mass is 492 g/mol. The van der Waals surface area contributed by atoms with Crippen molar-refractivity contribution in [2.45, 2.75) is 59.5 Å². The first-order valence-electron chi connectivity index (χ1n) is 12.0. The van der Waals surface area contributed by atoms with Gasteiger partial charge in [0.15, 0.2) is 5.60 Å². The molecule has 1 saturated heterocycles. The molecule has 0 aliphatic carbocycles. The molecular formula is C27H35F3N2O3. The molecule has 1 aliphatic rings. The third-order valence-corrected chi connectivity index (χ3v) is 6.23. The van der Waals surface area contributed by atoms with Gasteiger partial charge in [-0.15, -0.1) is 0 Å². The number of nitrogens with zero attached hydrogens (tertiary/aromatic N) is 2. The van der Waals surface area contributed by atoms with Gasteiger partial charge in [0.05, 0.1) is 12.2 Å². The van der Waals surface area contributed by atoms with Gasteiger partial charge < -0.3 is 9.47 Å². The van der Waals surface area contributed by atoms with E-state index in [1.807, 2.05) is 13.8 Å². The lowest BCUT2D eigenvalue weighted by atomic mass is 10.0. The van der Waals surface area contributed by atoms with Crippen molar-refractivity contribution in [3.8, 4) is 5.75 Å². The molecule has 1 heterocycles. The van der Waals surface area contributed by atoms with Crippen molar-refractivity contribution in [2.75, 3.05) is 32.8 Å². The highest BCUT2D eigenvalue weighted by atomic mass is 19.4. The summed E-state index contributed by atoms with van der Waals surface area (Å²) < 4.78 is 51.1. The lowest BCUT2D eigenvalue weighted by Gasteiger charge is -2.35. The third-order valence-electron chi connectivity index (χ3n) is 6.23. The number of carbonyl (C=O) groups is 1.